The van der Waals surface area contributed by atoms with Crippen LogP contribution in [0.25, 0.3) is 11.1 Å². The molecule has 0 saturated carbocycles. The minimum Gasteiger partial charge on any atom is -0.493 e. The Labute approximate surface area is 197 Å². The van der Waals surface area contributed by atoms with Gasteiger partial charge in [-0.15, -0.1) is 0 Å². The number of fused-ring (bicyclic) bond motifs is 1. The summed E-state index contributed by atoms with van der Waals surface area (Å²) in [5.74, 6) is 1.96. The second kappa shape index (κ2) is 10.4. The van der Waals surface area contributed by atoms with Crippen molar-refractivity contribution in [2.45, 2.75) is 17.4 Å². The van der Waals surface area contributed by atoms with E-state index in [0.29, 0.717) is 41.0 Å². The fourth-order valence-electron chi connectivity index (χ4n) is 3.55. The van der Waals surface area contributed by atoms with Crippen LogP contribution in [0.2, 0.25) is 0 Å². The molecular weight excluding hydrogens is 436 g/mol. The number of methoxy groups -OCH3 is 2. The summed E-state index contributed by atoms with van der Waals surface area (Å²) >= 11 is 1.49. The van der Waals surface area contributed by atoms with E-state index in [4.69, 9.17) is 13.9 Å². The average molecular weight is 463 g/mol. The number of carbonyl (C=O) groups is 1. The van der Waals surface area contributed by atoms with Crippen molar-refractivity contribution in [2.24, 2.45) is 0 Å². The lowest BCUT2D eigenvalue weighted by atomic mass is 10.1. The molecule has 4 rings (SSSR count). The molecule has 0 bridgehead atoms. The highest BCUT2D eigenvalue weighted by Crippen LogP contribution is 2.29. The molecule has 0 aliphatic rings. The number of nitrogens with zero attached hydrogens (tertiary/aromatic N) is 2. The van der Waals surface area contributed by atoms with Crippen LogP contribution in [0.15, 0.2) is 76.4 Å². The molecule has 1 aromatic heterocycles. The van der Waals surface area contributed by atoms with E-state index in [1.165, 1.54) is 11.8 Å². The summed E-state index contributed by atoms with van der Waals surface area (Å²) < 4.78 is 16.5. The van der Waals surface area contributed by atoms with Crippen molar-refractivity contribution in [3.05, 3.63) is 83.4 Å². The summed E-state index contributed by atoms with van der Waals surface area (Å²) in [5, 5.41) is 0.597. The zero-order valence-corrected chi connectivity index (χ0v) is 19.7. The quantitative estimate of drug-likeness (QED) is 0.308. The Bertz CT molecular complexity index is 1220. The molecule has 1 amide bonds. The van der Waals surface area contributed by atoms with Crippen LogP contribution >= 0.6 is 11.8 Å². The van der Waals surface area contributed by atoms with Gasteiger partial charge in [0.05, 0.1) is 14.2 Å². The van der Waals surface area contributed by atoms with Gasteiger partial charge in [0.25, 0.3) is 11.1 Å². The Balaban J connectivity index is 1.41. The highest BCUT2D eigenvalue weighted by atomic mass is 32.2. The molecular formula is C26H26N2O4S. The molecule has 33 heavy (non-hydrogen) atoms. The minimum atomic E-state index is -0.00996. The summed E-state index contributed by atoms with van der Waals surface area (Å²) in [6, 6.07) is 21.2. The van der Waals surface area contributed by atoms with Gasteiger partial charge in [0.2, 0.25) is 0 Å². The first-order valence-corrected chi connectivity index (χ1v) is 11.6. The van der Waals surface area contributed by atoms with Crippen LogP contribution in [0, 0.1) is 0 Å². The van der Waals surface area contributed by atoms with Crippen LogP contribution in [-0.2, 0) is 12.2 Å². The van der Waals surface area contributed by atoms with E-state index < -0.39 is 0 Å². The molecule has 0 aliphatic heterocycles. The predicted octanol–water partition coefficient (Wildman–Crippen LogP) is 5.45. The highest BCUT2D eigenvalue weighted by Gasteiger charge is 2.17. The SMILES string of the molecule is COc1ccc(CCN(C)C(=O)c2ccccc2CSc2nc3ccccc3o2)cc1OC. The molecule has 170 valence electrons. The van der Waals surface area contributed by atoms with Gasteiger partial charge in [-0.1, -0.05) is 48.2 Å². The lowest BCUT2D eigenvalue weighted by Gasteiger charge is -2.19. The zero-order valence-electron chi connectivity index (χ0n) is 18.9. The number of para-hydroxylation sites is 2. The Morgan fingerprint density at radius 3 is 2.55 bits per heavy atom. The minimum absolute atomic E-state index is 0.00996. The van der Waals surface area contributed by atoms with Gasteiger partial charge < -0.3 is 18.8 Å². The Kier molecular flexibility index (Phi) is 7.19. The van der Waals surface area contributed by atoms with Crippen molar-refractivity contribution < 1.29 is 18.7 Å². The van der Waals surface area contributed by atoms with Crippen molar-refractivity contribution >= 4 is 28.8 Å². The second-order valence-electron chi connectivity index (χ2n) is 7.56. The molecule has 0 saturated heterocycles. The van der Waals surface area contributed by atoms with E-state index in [9.17, 15) is 4.79 Å². The summed E-state index contributed by atoms with van der Waals surface area (Å²) in [6.07, 6.45) is 0.711. The molecule has 7 heteroatoms. The van der Waals surface area contributed by atoms with Crippen LogP contribution in [0.3, 0.4) is 0 Å². The molecule has 3 aromatic carbocycles. The average Bonchev–Trinajstić information content (AvgIpc) is 3.28. The maximum absolute atomic E-state index is 13.2. The first-order valence-electron chi connectivity index (χ1n) is 10.6. The van der Waals surface area contributed by atoms with Crippen molar-refractivity contribution in [3.8, 4) is 11.5 Å². The van der Waals surface area contributed by atoms with Gasteiger partial charge in [0.1, 0.15) is 5.52 Å². The van der Waals surface area contributed by atoms with Crippen molar-refractivity contribution in [3.63, 3.8) is 0 Å². The monoisotopic (exact) mass is 462 g/mol. The topological polar surface area (TPSA) is 64.8 Å². The van der Waals surface area contributed by atoms with Gasteiger partial charge in [-0.2, -0.15) is 0 Å². The van der Waals surface area contributed by atoms with Crippen LogP contribution in [0.5, 0.6) is 11.5 Å². The van der Waals surface area contributed by atoms with E-state index in [2.05, 4.69) is 4.98 Å². The Morgan fingerprint density at radius 1 is 1.00 bits per heavy atom. The smallest absolute Gasteiger partial charge is 0.257 e. The van der Waals surface area contributed by atoms with Crippen LogP contribution in [0.4, 0.5) is 0 Å². The Morgan fingerprint density at radius 2 is 1.76 bits per heavy atom. The molecule has 0 aliphatic carbocycles. The molecule has 0 atom stereocenters. The van der Waals surface area contributed by atoms with Crippen molar-refractivity contribution in [1.82, 2.24) is 9.88 Å². The summed E-state index contributed by atoms with van der Waals surface area (Å²) in [7, 11) is 5.06. The van der Waals surface area contributed by atoms with E-state index in [-0.39, 0.29) is 5.91 Å². The summed E-state index contributed by atoms with van der Waals surface area (Å²) in [6.45, 7) is 0.584. The van der Waals surface area contributed by atoms with E-state index >= 15 is 0 Å². The largest absolute Gasteiger partial charge is 0.493 e. The number of carbonyl (C=O) groups excluding carboxylic acids is 1. The van der Waals surface area contributed by atoms with Gasteiger partial charge in [-0.3, -0.25) is 4.79 Å². The van der Waals surface area contributed by atoms with E-state index in [1.54, 1.807) is 19.1 Å². The Hall–Kier alpha value is -3.45. The number of amides is 1. The lowest BCUT2D eigenvalue weighted by molar-refractivity contribution is 0.0796. The van der Waals surface area contributed by atoms with Gasteiger partial charge in [-0.25, -0.2) is 4.98 Å². The number of ether oxygens (including phenoxy) is 2. The number of likely N-dealkylation sites (N-methyl/N-ethyl adjacent to an activating group) is 1. The molecule has 0 N–H and O–H groups in total. The number of rotatable bonds is 9. The van der Waals surface area contributed by atoms with Crippen molar-refractivity contribution in [2.75, 3.05) is 27.8 Å². The third-order valence-electron chi connectivity index (χ3n) is 5.40. The van der Waals surface area contributed by atoms with Crippen LogP contribution < -0.4 is 9.47 Å². The standard InChI is InChI=1S/C26H26N2O4S/c1-28(15-14-18-12-13-23(30-2)24(16-18)31-3)25(29)20-9-5-4-8-19(20)17-33-26-27-21-10-6-7-11-22(21)32-26/h4-13,16H,14-15,17H2,1-3H3. The summed E-state index contributed by atoms with van der Waals surface area (Å²) in [5.41, 5.74) is 4.31. The third kappa shape index (κ3) is 5.31. The van der Waals surface area contributed by atoms with E-state index in [0.717, 1.165) is 22.2 Å². The molecule has 0 spiro atoms. The number of benzene rings is 3. The number of hydrogen-bond donors (Lipinski definition) is 0. The number of thioether (sulfide) groups is 1. The number of hydrogen-bond acceptors (Lipinski definition) is 6. The molecule has 0 unspecified atom stereocenters. The first-order chi connectivity index (χ1) is 16.1. The van der Waals surface area contributed by atoms with Gasteiger partial charge in [0, 0.05) is 24.9 Å². The third-order valence-corrected chi connectivity index (χ3v) is 6.28. The van der Waals surface area contributed by atoms with Gasteiger partial charge in [-0.05, 0) is 47.9 Å². The maximum Gasteiger partial charge on any atom is 0.257 e. The fraction of sp³-hybridized carbons (Fsp3) is 0.231. The fourth-order valence-corrected chi connectivity index (χ4v) is 4.39. The van der Waals surface area contributed by atoms with Crippen molar-refractivity contribution in [1.29, 1.82) is 0 Å². The first kappa shape index (κ1) is 22.7. The molecule has 4 aromatic rings. The lowest BCUT2D eigenvalue weighted by Crippen LogP contribution is -2.29. The predicted molar refractivity (Wildman–Crippen MR) is 130 cm³/mol. The number of aromatic nitrogens is 1. The normalized spacial score (nSPS) is 10.9. The maximum atomic E-state index is 13.2. The summed E-state index contributed by atoms with van der Waals surface area (Å²) in [4.78, 5) is 19.5. The second-order valence-corrected chi connectivity index (χ2v) is 8.49. The highest BCUT2D eigenvalue weighted by molar-refractivity contribution is 7.98. The molecule has 6 nitrogen and oxygen atoms in total. The molecule has 0 radical (unpaired) electrons. The van der Waals surface area contributed by atoms with Gasteiger partial charge in [0.15, 0.2) is 17.1 Å². The zero-order chi connectivity index (χ0) is 23.2. The van der Waals surface area contributed by atoms with Gasteiger partial charge >= 0.3 is 0 Å². The number of oxazole rings is 1. The molecule has 1 heterocycles. The van der Waals surface area contributed by atoms with Crippen LogP contribution in [-0.4, -0.2) is 43.6 Å². The van der Waals surface area contributed by atoms with E-state index in [1.807, 2.05) is 73.8 Å². The van der Waals surface area contributed by atoms with Crippen LogP contribution in [0.1, 0.15) is 21.5 Å². The molecule has 0 fully saturated rings.